The second kappa shape index (κ2) is 13.6. The normalized spacial score (nSPS) is 11.1. The van der Waals surface area contributed by atoms with Crippen LogP contribution in [0.1, 0.15) is 31.8 Å². The molecule has 0 unspecified atom stereocenters. The van der Waals surface area contributed by atoms with E-state index in [-0.39, 0.29) is 11.5 Å². The van der Waals surface area contributed by atoms with Gasteiger partial charge in [-0.2, -0.15) is 0 Å². The maximum absolute atomic E-state index is 13.3. The zero-order valence-corrected chi connectivity index (χ0v) is 23.1. The first-order valence-electron chi connectivity index (χ1n) is 13.0. The van der Waals surface area contributed by atoms with Gasteiger partial charge in [0.05, 0.1) is 7.11 Å². The van der Waals surface area contributed by atoms with Crippen LogP contribution in [0, 0.1) is 0 Å². The summed E-state index contributed by atoms with van der Waals surface area (Å²) in [5.74, 6) is -0.561. The third kappa shape index (κ3) is 7.80. The Kier molecular flexibility index (Phi) is 9.46. The van der Waals surface area contributed by atoms with Crippen molar-refractivity contribution in [2.75, 3.05) is 31.4 Å². The van der Waals surface area contributed by atoms with Crippen LogP contribution in [0.15, 0.2) is 115 Å². The van der Waals surface area contributed by atoms with Crippen LogP contribution in [-0.4, -0.2) is 38.8 Å². The van der Waals surface area contributed by atoms with Crippen molar-refractivity contribution in [3.63, 3.8) is 0 Å². The summed E-state index contributed by atoms with van der Waals surface area (Å²) in [7, 11) is 5.48. The van der Waals surface area contributed by atoms with Crippen molar-refractivity contribution in [3.8, 4) is 5.75 Å². The quantitative estimate of drug-likeness (QED) is 0.187. The molecule has 0 fully saturated rings. The molecule has 0 spiro atoms. The van der Waals surface area contributed by atoms with Gasteiger partial charge >= 0.3 is 0 Å². The van der Waals surface area contributed by atoms with Crippen molar-refractivity contribution in [1.29, 1.82) is 0 Å². The first-order chi connectivity index (χ1) is 19.8. The van der Waals surface area contributed by atoms with Crippen molar-refractivity contribution in [1.82, 2.24) is 5.32 Å². The Labute approximate surface area is 239 Å². The topological polar surface area (TPSA) is 87.7 Å². The number of methoxy groups -OCH3 is 1. The third-order valence-electron chi connectivity index (χ3n) is 6.23. The molecule has 4 aromatic carbocycles. The zero-order valence-electron chi connectivity index (χ0n) is 23.1. The molecule has 0 radical (unpaired) electrons. The lowest BCUT2D eigenvalue weighted by atomic mass is 10.1. The number of amides is 2. The molecule has 0 heterocycles. The predicted molar refractivity (Wildman–Crippen MR) is 164 cm³/mol. The number of ketones is 1. The predicted octanol–water partition coefficient (Wildman–Crippen LogP) is 6.07. The van der Waals surface area contributed by atoms with E-state index in [2.05, 4.69) is 10.6 Å². The van der Waals surface area contributed by atoms with Crippen molar-refractivity contribution >= 4 is 41.1 Å². The van der Waals surface area contributed by atoms with Gasteiger partial charge < -0.3 is 20.3 Å². The first kappa shape index (κ1) is 28.6. The van der Waals surface area contributed by atoms with Gasteiger partial charge in [-0.1, -0.05) is 54.6 Å². The largest absolute Gasteiger partial charge is 0.496 e. The monoisotopic (exact) mass is 545 g/mol. The van der Waals surface area contributed by atoms with Crippen molar-refractivity contribution in [2.45, 2.75) is 0 Å². The number of ether oxygens (including phenoxy) is 1. The molecule has 4 rings (SSSR count). The minimum absolute atomic E-state index is 0.0340. The fourth-order valence-corrected chi connectivity index (χ4v) is 3.95. The molecule has 0 aliphatic heterocycles. The van der Waals surface area contributed by atoms with Crippen molar-refractivity contribution in [3.05, 3.63) is 137 Å². The van der Waals surface area contributed by atoms with Crippen molar-refractivity contribution in [2.24, 2.45) is 0 Å². The van der Waals surface area contributed by atoms with E-state index in [4.69, 9.17) is 4.74 Å². The number of carbonyl (C=O) groups excluding carboxylic acids is 3. The second-order valence-corrected chi connectivity index (χ2v) is 9.34. The van der Waals surface area contributed by atoms with E-state index in [1.54, 1.807) is 72.8 Å². The molecule has 2 amide bonds. The van der Waals surface area contributed by atoms with Gasteiger partial charge in [0.2, 0.25) is 0 Å². The van der Waals surface area contributed by atoms with E-state index in [1.807, 2.05) is 61.5 Å². The highest BCUT2D eigenvalue weighted by Crippen LogP contribution is 2.21. The van der Waals surface area contributed by atoms with Crippen LogP contribution in [-0.2, 0) is 4.79 Å². The van der Waals surface area contributed by atoms with Gasteiger partial charge in [-0.25, -0.2) is 0 Å². The van der Waals surface area contributed by atoms with Gasteiger partial charge in [0.1, 0.15) is 11.4 Å². The lowest BCUT2D eigenvalue weighted by Crippen LogP contribution is -2.30. The molecule has 0 saturated carbocycles. The molecule has 41 heavy (non-hydrogen) atoms. The third-order valence-corrected chi connectivity index (χ3v) is 6.23. The summed E-state index contributed by atoms with van der Waals surface area (Å²) < 4.78 is 5.40. The van der Waals surface area contributed by atoms with Crippen molar-refractivity contribution < 1.29 is 19.1 Å². The molecule has 0 aliphatic carbocycles. The summed E-state index contributed by atoms with van der Waals surface area (Å²) in [6, 6.07) is 30.3. The van der Waals surface area contributed by atoms with E-state index in [1.165, 1.54) is 13.2 Å². The summed E-state index contributed by atoms with van der Waals surface area (Å²) in [4.78, 5) is 40.9. The van der Waals surface area contributed by atoms with Crippen LogP contribution in [0.25, 0.3) is 12.2 Å². The average molecular weight is 546 g/mol. The number of hydrogen-bond donors (Lipinski definition) is 2. The highest BCUT2D eigenvalue weighted by Gasteiger charge is 2.16. The molecule has 206 valence electrons. The maximum Gasteiger partial charge on any atom is 0.272 e. The van der Waals surface area contributed by atoms with Crippen LogP contribution in [0.3, 0.4) is 0 Å². The van der Waals surface area contributed by atoms with E-state index in [9.17, 15) is 14.4 Å². The molecule has 7 heteroatoms. The number of anilines is 2. The van der Waals surface area contributed by atoms with Crippen LogP contribution < -0.4 is 20.3 Å². The number of para-hydroxylation sites is 1. The average Bonchev–Trinajstić information content (AvgIpc) is 3.00. The Balaban J connectivity index is 1.49. The summed E-state index contributed by atoms with van der Waals surface area (Å²) in [5, 5.41) is 5.51. The SMILES string of the molecule is COc1ccccc1/C=C(\NC(=O)c1ccccc1)C(=O)Nc1ccc(C(=O)/C=C/c2ccc(N(C)C)cc2)cc1. The van der Waals surface area contributed by atoms with Crippen LogP contribution in [0.4, 0.5) is 11.4 Å². The number of nitrogens with one attached hydrogen (secondary N) is 2. The lowest BCUT2D eigenvalue weighted by Gasteiger charge is -2.13. The number of rotatable bonds is 10. The Morgan fingerprint density at radius 3 is 2.07 bits per heavy atom. The Morgan fingerprint density at radius 1 is 0.756 bits per heavy atom. The highest BCUT2D eigenvalue weighted by molar-refractivity contribution is 6.11. The molecule has 2 N–H and O–H groups in total. The highest BCUT2D eigenvalue weighted by atomic mass is 16.5. The Bertz CT molecular complexity index is 1570. The summed E-state index contributed by atoms with van der Waals surface area (Å²) >= 11 is 0. The minimum atomic E-state index is -0.527. The summed E-state index contributed by atoms with van der Waals surface area (Å²) in [6.07, 6.45) is 4.84. The number of hydrogen-bond acceptors (Lipinski definition) is 5. The van der Waals surface area contributed by atoms with E-state index < -0.39 is 11.8 Å². The standard InChI is InChI=1S/C34H31N3O4/c1-37(2)29-20-13-24(14-21-29)15-22-31(38)25-16-18-28(19-17-25)35-34(40)30(23-27-11-7-8-12-32(27)41-3)36-33(39)26-9-5-4-6-10-26/h4-23H,1-3H3,(H,35,40)(H,36,39)/b22-15+,30-23-. The lowest BCUT2D eigenvalue weighted by molar-refractivity contribution is -0.113. The summed E-state index contributed by atoms with van der Waals surface area (Å²) in [5.41, 5.74) is 4.01. The van der Waals surface area contributed by atoms with Gasteiger partial charge in [-0.3, -0.25) is 14.4 Å². The molecular weight excluding hydrogens is 514 g/mol. The minimum Gasteiger partial charge on any atom is -0.496 e. The molecule has 4 aromatic rings. The van der Waals surface area contributed by atoms with Gasteiger partial charge in [-0.15, -0.1) is 0 Å². The fraction of sp³-hybridized carbons (Fsp3) is 0.0882. The number of benzene rings is 4. The fourth-order valence-electron chi connectivity index (χ4n) is 3.95. The number of nitrogens with zero attached hydrogens (tertiary/aromatic N) is 1. The second-order valence-electron chi connectivity index (χ2n) is 9.34. The number of carbonyl (C=O) groups is 3. The van der Waals surface area contributed by atoms with Crippen LogP contribution in [0.5, 0.6) is 5.75 Å². The van der Waals surface area contributed by atoms with E-state index in [0.717, 1.165) is 11.3 Å². The van der Waals surface area contributed by atoms with Crippen LogP contribution in [0.2, 0.25) is 0 Å². The molecule has 0 aromatic heterocycles. The molecular formula is C34H31N3O4. The smallest absolute Gasteiger partial charge is 0.272 e. The Morgan fingerprint density at radius 2 is 1.41 bits per heavy atom. The Hall–Kier alpha value is -5.43. The summed E-state index contributed by atoms with van der Waals surface area (Å²) in [6.45, 7) is 0. The molecule has 0 bridgehead atoms. The van der Waals surface area contributed by atoms with Crippen LogP contribution >= 0.6 is 0 Å². The molecule has 7 nitrogen and oxygen atoms in total. The first-order valence-corrected chi connectivity index (χ1v) is 13.0. The van der Waals surface area contributed by atoms with Gasteiger partial charge in [0.25, 0.3) is 11.8 Å². The van der Waals surface area contributed by atoms with Gasteiger partial charge in [0, 0.05) is 42.2 Å². The molecule has 0 saturated heterocycles. The maximum atomic E-state index is 13.3. The van der Waals surface area contributed by atoms with E-state index >= 15 is 0 Å². The zero-order chi connectivity index (χ0) is 29.2. The molecule has 0 aliphatic rings. The van der Waals surface area contributed by atoms with E-state index in [0.29, 0.717) is 28.1 Å². The number of allylic oxidation sites excluding steroid dienone is 1. The van der Waals surface area contributed by atoms with Gasteiger partial charge in [0.15, 0.2) is 5.78 Å². The van der Waals surface area contributed by atoms with Gasteiger partial charge in [-0.05, 0) is 72.3 Å². The molecule has 0 atom stereocenters.